The summed E-state index contributed by atoms with van der Waals surface area (Å²) in [5, 5.41) is 0. The highest BCUT2D eigenvalue weighted by molar-refractivity contribution is 8.00. The molecule has 3 heterocycles. The molecule has 1 aromatic carbocycles. The van der Waals surface area contributed by atoms with Gasteiger partial charge in [-0.05, 0) is 49.4 Å². The van der Waals surface area contributed by atoms with Crippen LogP contribution >= 0.6 is 11.8 Å². The largest absolute Gasteiger partial charge is 0.437 e. The maximum Gasteiger partial charge on any atom is 0.437 e. The van der Waals surface area contributed by atoms with Crippen LogP contribution < -0.4 is 0 Å². The summed E-state index contributed by atoms with van der Waals surface area (Å²) in [5.41, 5.74) is -7.04. The second-order valence-electron chi connectivity index (χ2n) is 10.0. The van der Waals surface area contributed by atoms with E-state index in [1.54, 1.807) is 30.1 Å². The van der Waals surface area contributed by atoms with E-state index in [9.17, 15) is 40.3 Å². The van der Waals surface area contributed by atoms with E-state index >= 15 is 0 Å². The Kier molecular flexibility index (Phi) is 6.67. The molecule has 2 fully saturated rings. The number of likely N-dealkylation sites (N-methyl/N-ethyl adjacent to an activating group) is 1. The lowest BCUT2D eigenvalue weighted by molar-refractivity contribution is -0.350. The standard InChI is InChI=1S/C26H24F7N3O2S/c1-35-18(9-12-21(35)37)22(38)36-14-13-23(39-15-5-3-2-4-6-15)16-7-10-19(34-17(16)8-11-20(23)36)24(27,25(28,29)30)26(31,32)33/h2-7,10,18,20H,8-9,11-14H2,1H3. The molecule has 1 aromatic heterocycles. The molecule has 3 atom stereocenters. The van der Waals surface area contributed by atoms with Gasteiger partial charge in [0.1, 0.15) is 6.04 Å². The van der Waals surface area contributed by atoms with E-state index in [1.165, 1.54) is 16.7 Å². The number of pyridine rings is 1. The molecule has 0 saturated carbocycles. The van der Waals surface area contributed by atoms with Crippen molar-refractivity contribution in [2.24, 2.45) is 0 Å². The highest BCUT2D eigenvalue weighted by atomic mass is 32.2. The number of likely N-dealkylation sites (tertiary alicyclic amines) is 2. The van der Waals surface area contributed by atoms with Crippen LogP contribution in [0.5, 0.6) is 0 Å². The van der Waals surface area contributed by atoms with E-state index in [-0.39, 0.29) is 43.3 Å². The highest BCUT2D eigenvalue weighted by Crippen LogP contribution is 2.58. The third-order valence-electron chi connectivity index (χ3n) is 7.96. The summed E-state index contributed by atoms with van der Waals surface area (Å²) >= 11 is 1.36. The number of fused-ring (bicyclic) bond motifs is 3. The molecule has 1 aliphatic carbocycles. The number of carbonyl (C=O) groups is 2. The lowest BCUT2D eigenvalue weighted by atomic mass is 9.80. The zero-order chi connectivity index (χ0) is 28.4. The third-order valence-corrected chi connectivity index (χ3v) is 9.53. The minimum absolute atomic E-state index is 0.0417. The van der Waals surface area contributed by atoms with Gasteiger partial charge in [-0.2, -0.15) is 26.3 Å². The van der Waals surface area contributed by atoms with Gasteiger partial charge in [0, 0.05) is 30.6 Å². The van der Waals surface area contributed by atoms with Gasteiger partial charge in [-0.3, -0.25) is 14.6 Å². The number of aromatic nitrogens is 1. The Balaban J connectivity index is 1.59. The molecular weight excluding hydrogens is 551 g/mol. The molecule has 39 heavy (non-hydrogen) atoms. The van der Waals surface area contributed by atoms with Gasteiger partial charge in [0.15, 0.2) is 0 Å². The van der Waals surface area contributed by atoms with Gasteiger partial charge >= 0.3 is 18.0 Å². The second-order valence-corrected chi connectivity index (χ2v) is 11.4. The van der Waals surface area contributed by atoms with Crippen molar-refractivity contribution in [3.8, 4) is 0 Å². The molecule has 13 heteroatoms. The number of halogens is 7. The zero-order valence-corrected chi connectivity index (χ0v) is 21.5. The summed E-state index contributed by atoms with van der Waals surface area (Å²) in [6, 6.07) is 9.49. The van der Waals surface area contributed by atoms with Crippen LogP contribution in [0.4, 0.5) is 30.7 Å². The molecule has 2 aromatic rings. The van der Waals surface area contributed by atoms with Crippen LogP contribution in [0.1, 0.15) is 42.6 Å². The van der Waals surface area contributed by atoms with Gasteiger partial charge in [-0.15, -0.1) is 11.8 Å². The van der Waals surface area contributed by atoms with Crippen molar-refractivity contribution in [1.82, 2.24) is 14.8 Å². The van der Waals surface area contributed by atoms with Crippen LogP contribution in [-0.2, 0) is 26.4 Å². The normalized spacial score (nSPS) is 25.6. The third kappa shape index (κ3) is 4.27. The van der Waals surface area contributed by atoms with Gasteiger partial charge in [-0.1, -0.05) is 24.3 Å². The van der Waals surface area contributed by atoms with E-state index in [0.717, 1.165) is 11.0 Å². The van der Waals surface area contributed by atoms with Crippen molar-refractivity contribution in [2.45, 2.75) is 71.9 Å². The molecule has 5 rings (SSSR count). The predicted molar refractivity (Wildman–Crippen MR) is 127 cm³/mol. The van der Waals surface area contributed by atoms with E-state index in [2.05, 4.69) is 4.98 Å². The number of carbonyl (C=O) groups excluding carboxylic acids is 2. The van der Waals surface area contributed by atoms with E-state index in [4.69, 9.17) is 0 Å². The Bertz CT molecular complexity index is 1270. The quantitative estimate of drug-likeness (QED) is 0.451. The lowest BCUT2D eigenvalue weighted by Gasteiger charge is -2.43. The van der Waals surface area contributed by atoms with Crippen LogP contribution in [-0.4, -0.2) is 64.6 Å². The average Bonchev–Trinajstić information content (AvgIpc) is 3.42. The molecule has 2 saturated heterocycles. The van der Waals surface area contributed by atoms with Gasteiger partial charge in [-0.25, -0.2) is 4.39 Å². The van der Waals surface area contributed by atoms with Crippen molar-refractivity contribution in [3.05, 3.63) is 59.4 Å². The molecule has 2 amide bonds. The van der Waals surface area contributed by atoms with Crippen molar-refractivity contribution in [3.63, 3.8) is 0 Å². The molecule has 0 spiro atoms. The summed E-state index contributed by atoms with van der Waals surface area (Å²) in [6.07, 6.45) is -11.4. The van der Waals surface area contributed by atoms with Crippen LogP contribution in [0.25, 0.3) is 0 Å². The van der Waals surface area contributed by atoms with Gasteiger partial charge in [0.05, 0.1) is 16.5 Å². The van der Waals surface area contributed by atoms with Crippen LogP contribution in [0.15, 0.2) is 47.4 Å². The number of hydrogen-bond acceptors (Lipinski definition) is 4. The molecule has 3 unspecified atom stereocenters. The average molecular weight is 576 g/mol. The maximum absolute atomic E-state index is 14.8. The number of rotatable bonds is 4. The van der Waals surface area contributed by atoms with Crippen LogP contribution in [0.2, 0.25) is 0 Å². The Morgan fingerprint density at radius 3 is 2.23 bits per heavy atom. The number of hydrogen-bond donors (Lipinski definition) is 0. The van der Waals surface area contributed by atoms with Crippen molar-refractivity contribution >= 4 is 23.6 Å². The summed E-state index contributed by atoms with van der Waals surface area (Å²) < 4.78 is 94.5. The predicted octanol–water partition coefficient (Wildman–Crippen LogP) is 5.53. The lowest BCUT2D eigenvalue weighted by Crippen LogP contribution is -2.52. The van der Waals surface area contributed by atoms with Crippen molar-refractivity contribution in [2.75, 3.05) is 13.6 Å². The first-order valence-corrected chi connectivity index (χ1v) is 13.2. The fourth-order valence-corrected chi connectivity index (χ4v) is 7.56. The number of thioether (sulfide) groups is 1. The Hall–Kier alpha value is -2.83. The van der Waals surface area contributed by atoms with Gasteiger partial charge in [0.25, 0.3) is 0 Å². The number of alkyl halides is 7. The summed E-state index contributed by atoms with van der Waals surface area (Å²) in [4.78, 5) is 33.2. The minimum Gasteiger partial charge on any atom is -0.336 e. The smallest absolute Gasteiger partial charge is 0.336 e. The van der Waals surface area contributed by atoms with Gasteiger partial charge < -0.3 is 9.80 Å². The minimum atomic E-state index is -6.26. The number of nitrogens with zero attached hydrogens (tertiary/aromatic N) is 3. The van der Waals surface area contributed by atoms with E-state index in [1.807, 2.05) is 12.1 Å². The Morgan fingerprint density at radius 2 is 1.64 bits per heavy atom. The van der Waals surface area contributed by atoms with Crippen molar-refractivity contribution < 1.29 is 40.3 Å². The van der Waals surface area contributed by atoms with Crippen molar-refractivity contribution in [1.29, 1.82) is 0 Å². The molecule has 0 bridgehead atoms. The molecule has 3 aliphatic rings. The SMILES string of the molecule is CN1C(=O)CCC1C(=O)N1CCC2(Sc3ccccc3)c3ccc(C(F)(C(F)(F)F)C(F)(F)F)nc3CCC12. The number of amides is 2. The van der Waals surface area contributed by atoms with Crippen LogP contribution in [0.3, 0.4) is 0 Å². The highest BCUT2D eigenvalue weighted by Gasteiger charge is 2.74. The van der Waals surface area contributed by atoms with E-state index < -0.39 is 40.5 Å². The van der Waals surface area contributed by atoms with Crippen LogP contribution in [0, 0.1) is 0 Å². The first-order chi connectivity index (χ1) is 18.2. The first-order valence-electron chi connectivity index (χ1n) is 12.3. The number of benzene rings is 1. The Labute approximate surface area is 223 Å². The molecule has 0 radical (unpaired) electrons. The molecular formula is C26H24F7N3O2S. The zero-order valence-electron chi connectivity index (χ0n) is 20.7. The van der Waals surface area contributed by atoms with Gasteiger partial charge in [0.2, 0.25) is 11.8 Å². The summed E-state index contributed by atoms with van der Waals surface area (Å²) in [7, 11) is 1.56. The maximum atomic E-state index is 14.8. The molecule has 0 N–H and O–H groups in total. The molecule has 5 nitrogen and oxygen atoms in total. The summed E-state index contributed by atoms with van der Waals surface area (Å²) in [6.45, 7) is 0.279. The fourth-order valence-electron chi connectivity index (χ4n) is 5.98. The fraction of sp³-hybridized carbons (Fsp3) is 0.500. The topological polar surface area (TPSA) is 53.5 Å². The second kappa shape index (κ2) is 9.38. The Morgan fingerprint density at radius 1 is 0.974 bits per heavy atom. The number of aryl methyl sites for hydroxylation is 1. The molecule has 210 valence electrons. The first kappa shape index (κ1) is 27.7. The summed E-state index contributed by atoms with van der Waals surface area (Å²) in [5.74, 6) is -0.388. The molecule has 2 aliphatic heterocycles. The monoisotopic (exact) mass is 575 g/mol. The van der Waals surface area contributed by atoms with E-state index in [0.29, 0.717) is 24.5 Å².